The van der Waals surface area contributed by atoms with E-state index in [1.54, 1.807) is 0 Å². The Bertz CT molecular complexity index is 1840. The molecule has 3 nitrogen and oxygen atoms in total. The number of nitrogens with zero attached hydrogens (tertiary/aromatic N) is 3. The van der Waals surface area contributed by atoms with Crippen molar-refractivity contribution in [3.05, 3.63) is 145 Å². The van der Waals surface area contributed by atoms with Gasteiger partial charge in [-0.25, -0.2) is 0 Å². The Morgan fingerprint density at radius 1 is 0.605 bits per heavy atom. The van der Waals surface area contributed by atoms with Gasteiger partial charge in [-0.3, -0.25) is 4.98 Å². The molecule has 0 spiro atoms. The number of hydrogen-bond acceptors (Lipinski definition) is 2. The fourth-order valence-corrected chi connectivity index (χ4v) is 6.34. The number of aromatic nitrogens is 2. The minimum atomic E-state index is 0.243. The molecule has 3 heteroatoms. The van der Waals surface area contributed by atoms with Crippen molar-refractivity contribution < 1.29 is 0 Å². The highest BCUT2D eigenvalue weighted by Crippen LogP contribution is 2.49. The summed E-state index contributed by atoms with van der Waals surface area (Å²) in [6.45, 7) is 0. The molecule has 0 bridgehead atoms. The zero-order chi connectivity index (χ0) is 25.1. The van der Waals surface area contributed by atoms with E-state index in [9.17, 15) is 0 Å². The van der Waals surface area contributed by atoms with Gasteiger partial charge in [-0.2, -0.15) is 0 Å². The smallest absolute Gasteiger partial charge is 0.0629 e. The maximum Gasteiger partial charge on any atom is 0.0629 e. The van der Waals surface area contributed by atoms with Crippen LogP contribution < -0.4 is 4.90 Å². The number of anilines is 2. The van der Waals surface area contributed by atoms with E-state index in [1.165, 1.54) is 50.0 Å². The zero-order valence-corrected chi connectivity index (χ0v) is 20.8. The molecule has 4 aromatic carbocycles. The summed E-state index contributed by atoms with van der Waals surface area (Å²) >= 11 is 0. The van der Waals surface area contributed by atoms with E-state index in [2.05, 4.69) is 136 Å². The minimum Gasteiger partial charge on any atom is -0.333 e. The molecule has 1 aliphatic heterocycles. The Labute approximate surface area is 221 Å². The molecule has 0 amide bonds. The Kier molecular flexibility index (Phi) is 4.65. The van der Waals surface area contributed by atoms with Gasteiger partial charge in [0.05, 0.1) is 17.1 Å². The summed E-state index contributed by atoms with van der Waals surface area (Å²) in [7, 11) is 0. The van der Waals surface area contributed by atoms with E-state index in [-0.39, 0.29) is 6.04 Å². The monoisotopic (exact) mass is 487 g/mol. The van der Waals surface area contributed by atoms with Gasteiger partial charge in [0.25, 0.3) is 0 Å². The molecule has 2 aliphatic rings. The van der Waals surface area contributed by atoms with Gasteiger partial charge >= 0.3 is 0 Å². The van der Waals surface area contributed by atoms with Crippen molar-refractivity contribution in [2.24, 2.45) is 0 Å². The maximum absolute atomic E-state index is 4.33. The summed E-state index contributed by atoms with van der Waals surface area (Å²) in [5.74, 6) is 0.296. The SMILES string of the molecule is C1=CC2c3cc(-n4c5ccccc5c5ccccc54)ccc3N(c3cccc(-c4cccnc4)c3)C2C=C1. The average Bonchev–Trinajstić information content (AvgIpc) is 3.50. The molecular formula is C35H25N3. The number of rotatable bonds is 3. The van der Waals surface area contributed by atoms with Crippen LogP contribution in [0.25, 0.3) is 38.6 Å². The van der Waals surface area contributed by atoms with Crippen molar-refractivity contribution in [1.29, 1.82) is 0 Å². The molecule has 6 aromatic rings. The number of benzene rings is 4. The van der Waals surface area contributed by atoms with Crippen LogP contribution in [0.15, 0.2) is 140 Å². The molecule has 8 rings (SSSR count). The fourth-order valence-electron chi connectivity index (χ4n) is 6.34. The third-order valence-electron chi connectivity index (χ3n) is 7.99. The standard InChI is InChI=1S/C35H25N3/c1-4-15-32-28(12-1)29-13-2-5-16-33(29)38(32)27-18-19-35-31(22-27)30-14-3-6-17-34(30)37(35)26-11-7-9-24(21-26)25-10-8-20-36-23-25/h1-23,30,34H. The predicted molar refractivity (Wildman–Crippen MR) is 157 cm³/mol. The topological polar surface area (TPSA) is 21.1 Å². The van der Waals surface area contributed by atoms with Crippen molar-refractivity contribution >= 4 is 33.2 Å². The van der Waals surface area contributed by atoms with Crippen LogP contribution in [-0.2, 0) is 0 Å². The van der Waals surface area contributed by atoms with Gasteiger partial charge in [0.1, 0.15) is 0 Å². The highest BCUT2D eigenvalue weighted by atomic mass is 15.2. The Morgan fingerprint density at radius 2 is 1.37 bits per heavy atom. The molecule has 0 N–H and O–H groups in total. The number of pyridine rings is 1. The lowest BCUT2D eigenvalue weighted by Gasteiger charge is -2.29. The summed E-state index contributed by atoms with van der Waals surface area (Å²) in [6.07, 6.45) is 12.8. The van der Waals surface area contributed by atoms with Crippen molar-refractivity contribution in [3.63, 3.8) is 0 Å². The predicted octanol–water partition coefficient (Wildman–Crippen LogP) is 8.58. The van der Waals surface area contributed by atoms with Gasteiger partial charge in [-0.1, -0.05) is 78.9 Å². The lowest BCUT2D eigenvalue weighted by Crippen LogP contribution is -2.28. The van der Waals surface area contributed by atoms with Crippen LogP contribution >= 0.6 is 0 Å². The average molecular weight is 488 g/mol. The molecule has 0 saturated heterocycles. The molecule has 2 atom stereocenters. The Balaban J connectivity index is 1.30. The number of hydrogen-bond donors (Lipinski definition) is 0. The van der Waals surface area contributed by atoms with Crippen molar-refractivity contribution in [2.75, 3.05) is 4.90 Å². The number of fused-ring (bicyclic) bond motifs is 6. The lowest BCUT2D eigenvalue weighted by atomic mass is 9.91. The molecule has 0 radical (unpaired) electrons. The highest BCUT2D eigenvalue weighted by Gasteiger charge is 2.37. The summed E-state index contributed by atoms with van der Waals surface area (Å²) in [5, 5.41) is 2.58. The van der Waals surface area contributed by atoms with Crippen LogP contribution in [0.2, 0.25) is 0 Å². The molecule has 180 valence electrons. The third-order valence-corrected chi connectivity index (χ3v) is 7.99. The number of allylic oxidation sites excluding steroid dienone is 2. The first-order valence-electron chi connectivity index (χ1n) is 13.1. The van der Waals surface area contributed by atoms with Crippen LogP contribution in [-0.4, -0.2) is 15.6 Å². The molecular weight excluding hydrogens is 462 g/mol. The zero-order valence-electron chi connectivity index (χ0n) is 20.8. The highest BCUT2D eigenvalue weighted by molar-refractivity contribution is 6.09. The molecule has 2 unspecified atom stereocenters. The summed E-state index contributed by atoms with van der Waals surface area (Å²) in [5.41, 5.74) is 9.82. The second kappa shape index (κ2) is 8.32. The molecule has 0 saturated carbocycles. The van der Waals surface area contributed by atoms with Crippen LogP contribution in [0, 0.1) is 0 Å². The van der Waals surface area contributed by atoms with E-state index in [0.29, 0.717) is 5.92 Å². The van der Waals surface area contributed by atoms with Crippen molar-refractivity contribution in [2.45, 2.75) is 12.0 Å². The summed E-state index contributed by atoms with van der Waals surface area (Å²) in [6, 6.07) is 37.6. The molecule has 1 aliphatic carbocycles. The van der Waals surface area contributed by atoms with Gasteiger partial charge < -0.3 is 9.47 Å². The van der Waals surface area contributed by atoms with Gasteiger partial charge in [-0.05, 0) is 59.7 Å². The van der Waals surface area contributed by atoms with Crippen LogP contribution in [0.1, 0.15) is 11.5 Å². The van der Waals surface area contributed by atoms with Crippen molar-refractivity contribution in [3.8, 4) is 16.8 Å². The van der Waals surface area contributed by atoms with Gasteiger partial charge in [0.2, 0.25) is 0 Å². The molecule has 2 aromatic heterocycles. The van der Waals surface area contributed by atoms with Gasteiger partial charge in [0.15, 0.2) is 0 Å². The second-order valence-corrected chi connectivity index (χ2v) is 10.1. The van der Waals surface area contributed by atoms with Crippen LogP contribution in [0.5, 0.6) is 0 Å². The first-order valence-corrected chi connectivity index (χ1v) is 13.1. The van der Waals surface area contributed by atoms with Crippen molar-refractivity contribution in [1.82, 2.24) is 9.55 Å². The quantitative estimate of drug-likeness (QED) is 0.249. The summed E-state index contributed by atoms with van der Waals surface area (Å²) < 4.78 is 2.41. The maximum atomic E-state index is 4.33. The van der Waals surface area contributed by atoms with E-state index in [0.717, 1.165) is 5.56 Å². The minimum absolute atomic E-state index is 0.243. The van der Waals surface area contributed by atoms with Crippen LogP contribution in [0.4, 0.5) is 11.4 Å². The van der Waals surface area contributed by atoms with Gasteiger partial charge in [0, 0.05) is 51.7 Å². The largest absolute Gasteiger partial charge is 0.333 e. The molecule has 0 fully saturated rings. The summed E-state index contributed by atoms with van der Waals surface area (Å²) in [4.78, 5) is 6.83. The first-order chi connectivity index (χ1) is 18.9. The third kappa shape index (κ3) is 3.12. The fraction of sp³-hybridized carbons (Fsp3) is 0.0571. The lowest BCUT2D eigenvalue weighted by molar-refractivity contribution is 0.744. The Hall–Kier alpha value is -4.89. The molecule has 38 heavy (non-hydrogen) atoms. The molecule has 3 heterocycles. The van der Waals surface area contributed by atoms with E-state index in [4.69, 9.17) is 0 Å². The second-order valence-electron chi connectivity index (χ2n) is 10.1. The number of para-hydroxylation sites is 2. The van der Waals surface area contributed by atoms with E-state index >= 15 is 0 Å². The van der Waals surface area contributed by atoms with Crippen LogP contribution in [0.3, 0.4) is 0 Å². The van der Waals surface area contributed by atoms with E-state index < -0.39 is 0 Å². The van der Waals surface area contributed by atoms with Gasteiger partial charge in [-0.15, -0.1) is 0 Å². The first kappa shape index (κ1) is 21.2. The van der Waals surface area contributed by atoms with E-state index in [1.807, 2.05) is 18.5 Å². The Morgan fingerprint density at radius 3 is 2.16 bits per heavy atom. The normalized spacial score (nSPS) is 17.7.